The quantitative estimate of drug-likeness (QED) is 0.488. The van der Waals surface area contributed by atoms with Gasteiger partial charge in [-0.15, -0.1) is 0 Å². The van der Waals surface area contributed by atoms with Crippen molar-refractivity contribution in [2.75, 3.05) is 52.4 Å². The Balaban J connectivity index is 1.65. The molecular weight excluding hydrogens is 388 g/mol. The maximum absolute atomic E-state index is 11.4. The maximum atomic E-state index is 11.4. The van der Waals surface area contributed by atoms with Crippen LogP contribution in [0.3, 0.4) is 0 Å². The van der Waals surface area contributed by atoms with Gasteiger partial charge in [0.15, 0.2) is 5.96 Å². The van der Waals surface area contributed by atoms with E-state index >= 15 is 0 Å². The van der Waals surface area contributed by atoms with Crippen LogP contribution >= 0.6 is 0 Å². The number of likely N-dealkylation sites (N-methyl/N-ethyl adjacent to an activating group) is 1. The van der Waals surface area contributed by atoms with Gasteiger partial charge in [-0.25, -0.2) is 4.99 Å². The third kappa shape index (κ3) is 7.21. The van der Waals surface area contributed by atoms with Crippen molar-refractivity contribution in [3.05, 3.63) is 35.4 Å². The smallest absolute Gasteiger partial charge is 0.217 e. The molecule has 7 heteroatoms. The van der Waals surface area contributed by atoms with Gasteiger partial charge in [-0.05, 0) is 43.4 Å². The molecule has 1 aromatic rings. The summed E-state index contributed by atoms with van der Waals surface area (Å²) in [5.41, 5.74) is 8.10. The highest BCUT2D eigenvalue weighted by Gasteiger charge is 2.23. The van der Waals surface area contributed by atoms with E-state index in [1.165, 1.54) is 11.1 Å². The summed E-state index contributed by atoms with van der Waals surface area (Å²) in [5, 5.41) is 3.45. The monoisotopic (exact) mass is 428 g/mol. The van der Waals surface area contributed by atoms with Gasteiger partial charge >= 0.3 is 0 Å². The minimum atomic E-state index is -0.206. The number of hydrogen-bond donors (Lipinski definition) is 2. The molecular formula is C24H40N6O. The first kappa shape index (κ1) is 23.5. The van der Waals surface area contributed by atoms with E-state index in [0.29, 0.717) is 18.9 Å². The number of primary amides is 1. The van der Waals surface area contributed by atoms with E-state index < -0.39 is 0 Å². The zero-order valence-corrected chi connectivity index (χ0v) is 19.4. The number of piperidine rings is 1. The van der Waals surface area contributed by atoms with Gasteiger partial charge in [-0.1, -0.05) is 31.2 Å². The molecule has 3 N–H and O–H groups in total. The predicted octanol–water partition coefficient (Wildman–Crippen LogP) is 1.88. The lowest BCUT2D eigenvalue weighted by molar-refractivity contribution is -0.119. The molecule has 31 heavy (non-hydrogen) atoms. The molecule has 1 atom stereocenters. The fourth-order valence-electron chi connectivity index (χ4n) is 4.66. The molecule has 0 spiro atoms. The Bertz CT molecular complexity index is 729. The topological polar surface area (TPSA) is 77.2 Å². The number of benzene rings is 1. The van der Waals surface area contributed by atoms with Crippen LogP contribution in [-0.4, -0.2) is 78.9 Å². The summed E-state index contributed by atoms with van der Waals surface area (Å²) in [6.07, 6.45) is 2.60. The number of rotatable bonds is 8. The molecule has 0 saturated carbocycles. The highest BCUT2D eigenvalue weighted by molar-refractivity contribution is 5.80. The number of carbonyl (C=O) groups excluding carboxylic acids is 1. The van der Waals surface area contributed by atoms with Gasteiger partial charge in [0.25, 0.3) is 0 Å². The fraction of sp³-hybridized carbons (Fsp3) is 0.667. The molecule has 2 aliphatic rings. The van der Waals surface area contributed by atoms with E-state index in [4.69, 9.17) is 10.7 Å². The Morgan fingerprint density at radius 2 is 1.81 bits per heavy atom. The van der Waals surface area contributed by atoms with Gasteiger partial charge in [-0.2, -0.15) is 0 Å². The van der Waals surface area contributed by atoms with Crippen molar-refractivity contribution in [3.63, 3.8) is 0 Å². The summed E-state index contributed by atoms with van der Waals surface area (Å²) < 4.78 is 0. The molecule has 1 aromatic carbocycles. The average Bonchev–Trinajstić information content (AvgIpc) is 2.78. The number of nitrogens with zero attached hydrogens (tertiary/aromatic N) is 4. The van der Waals surface area contributed by atoms with E-state index in [1.54, 1.807) is 0 Å². The number of nitrogens with one attached hydrogen (secondary N) is 1. The summed E-state index contributed by atoms with van der Waals surface area (Å²) in [6, 6.07) is 8.69. The normalized spacial score (nSPS) is 21.3. The number of likely N-dealkylation sites (tertiary alicyclic amines) is 1. The number of guanidine groups is 1. The highest BCUT2D eigenvalue weighted by atomic mass is 16.1. The van der Waals surface area contributed by atoms with Crippen LogP contribution in [0.1, 0.15) is 44.2 Å². The lowest BCUT2D eigenvalue weighted by atomic mass is 9.95. The molecule has 2 heterocycles. The Morgan fingerprint density at radius 1 is 1.10 bits per heavy atom. The van der Waals surface area contributed by atoms with Crippen molar-refractivity contribution < 1.29 is 4.79 Å². The molecule has 2 saturated heterocycles. The van der Waals surface area contributed by atoms with Crippen LogP contribution in [0.25, 0.3) is 0 Å². The summed E-state index contributed by atoms with van der Waals surface area (Å²) >= 11 is 0. The molecule has 7 nitrogen and oxygen atoms in total. The number of piperazine rings is 1. The number of nitrogens with two attached hydrogens (primary N) is 1. The Hall–Kier alpha value is -2.12. The van der Waals surface area contributed by atoms with Crippen molar-refractivity contribution in [2.45, 2.75) is 46.2 Å². The SMILES string of the molecule is CCNC(=NCc1ccccc1CN1CCN(CC)CC1)N1CCCC(CC(N)=O)C1. The van der Waals surface area contributed by atoms with E-state index in [1.807, 2.05) is 0 Å². The molecule has 0 aliphatic carbocycles. The van der Waals surface area contributed by atoms with Crippen LogP contribution in [0.2, 0.25) is 0 Å². The fourth-order valence-corrected chi connectivity index (χ4v) is 4.66. The van der Waals surface area contributed by atoms with E-state index in [0.717, 1.165) is 77.7 Å². The summed E-state index contributed by atoms with van der Waals surface area (Å²) in [5.74, 6) is 1.06. The molecule has 1 unspecified atom stereocenters. The summed E-state index contributed by atoms with van der Waals surface area (Å²) in [4.78, 5) is 23.7. The van der Waals surface area contributed by atoms with Crippen LogP contribution in [-0.2, 0) is 17.9 Å². The van der Waals surface area contributed by atoms with Gasteiger partial charge in [0.2, 0.25) is 5.91 Å². The lowest BCUT2D eigenvalue weighted by Crippen LogP contribution is -2.47. The van der Waals surface area contributed by atoms with Crippen molar-refractivity contribution in [1.82, 2.24) is 20.0 Å². The maximum Gasteiger partial charge on any atom is 0.217 e. The number of aliphatic imine (C=N–C) groups is 1. The molecule has 2 aliphatic heterocycles. The molecule has 3 rings (SSSR count). The van der Waals surface area contributed by atoms with Gasteiger partial charge < -0.3 is 20.9 Å². The molecule has 0 bridgehead atoms. The third-order valence-electron chi connectivity index (χ3n) is 6.47. The lowest BCUT2D eigenvalue weighted by Gasteiger charge is -2.35. The Labute approximate surface area is 187 Å². The molecule has 2 fully saturated rings. The van der Waals surface area contributed by atoms with E-state index in [2.05, 4.69) is 58.1 Å². The number of amides is 1. The second-order valence-corrected chi connectivity index (χ2v) is 8.77. The second kappa shape index (κ2) is 12.1. The molecule has 0 radical (unpaired) electrons. The van der Waals surface area contributed by atoms with Crippen molar-refractivity contribution in [1.29, 1.82) is 0 Å². The second-order valence-electron chi connectivity index (χ2n) is 8.77. The Morgan fingerprint density at radius 3 is 2.48 bits per heavy atom. The standard InChI is InChI=1S/C24H40N6O/c1-3-26-24(30-11-7-8-20(18-30)16-23(25)31)27-17-21-9-5-6-10-22(21)19-29-14-12-28(4-2)13-15-29/h5-6,9-10,20H,3-4,7-8,11-19H2,1-2H3,(H2,25,31)(H,26,27). The summed E-state index contributed by atoms with van der Waals surface area (Å²) in [7, 11) is 0. The minimum absolute atomic E-state index is 0.206. The summed E-state index contributed by atoms with van der Waals surface area (Å²) in [6.45, 7) is 14.4. The Kier molecular flexibility index (Phi) is 9.15. The zero-order chi connectivity index (χ0) is 22.1. The van der Waals surface area contributed by atoms with Crippen LogP contribution in [0.4, 0.5) is 0 Å². The number of hydrogen-bond acceptors (Lipinski definition) is 4. The minimum Gasteiger partial charge on any atom is -0.370 e. The van der Waals surface area contributed by atoms with Crippen molar-refractivity contribution >= 4 is 11.9 Å². The van der Waals surface area contributed by atoms with Gasteiger partial charge in [0.1, 0.15) is 0 Å². The first-order chi connectivity index (χ1) is 15.1. The first-order valence-corrected chi connectivity index (χ1v) is 11.9. The van der Waals surface area contributed by atoms with Gasteiger partial charge in [0, 0.05) is 58.8 Å². The van der Waals surface area contributed by atoms with Crippen LogP contribution < -0.4 is 11.1 Å². The van der Waals surface area contributed by atoms with Crippen molar-refractivity contribution in [3.8, 4) is 0 Å². The number of carbonyl (C=O) groups is 1. The van der Waals surface area contributed by atoms with E-state index in [9.17, 15) is 4.79 Å². The van der Waals surface area contributed by atoms with Gasteiger partial charge in [-0.3, -0.25) is 9.69 Å². The largest absolute Gasteiger partial charge is 0.370 e. The molecule has 172 valence electrons. The molecule has 0 aromatic heterocycles. The third-order valence-corrected chi connectivity index (χ3v) is 6.47. The van der Waals surface area contributed by atoms with Crippen LogP contribution in [0.5, 0.6) is 0 Å². The van der Waals surface area contributed by atoms with Crippen LogP contribution in [0.15, 0.2) is 29.3 Å². The van der Waals surface area contributed by atoms with Gasteiger partial charge in [0.05, 0.1) is 6.54 Å². The first-order valence-electron chi connectivity index (χ1n) is 11.9. The molecule has 1 amide bonds. The van der Waals surface area contributed by atoms with E-state index in [-0.39, 0.29) is 5.91 Å². The van der Waals surface area contributed by atoms with Crippen molar-refractivity contribution in [2.24, 2.45) is 16.6 Å². The average molecular weight is 429 g/mol. The zero-order valence-electron chi connectivity index (χ0n) is 19.4. The predicted molar refractivity (Wildman–Crippen MR) is 127 cm³/mol. The van der Waals surface area contributed by atoms with Crippen LogP contribution in [0, 0.1) is 5.92 Å². The highest BCUT2D eigenvalue weighted by Crippen LogP contribution is 2.20.